The fraction of sp³-hybridized carbons (Fsp3) is 0.250. The van der Waals surface area contributed by atoms with Crippen LogP contribution in [0.3, 0.4) is 0 Å². The lowest BCUT2D eigenvalue weighted by atomic mass is 10.0. The summed E-state index contributed by atoms with van der Waals surface area (Å²) >= 11 is 9.33. The maximum atomic E-state index is 12.7. The summed E-state index contributed by atoms with van der Waals surface area (Å²) in [5, 5.41) is 11.2. The van der Waals surface area contributed by atoms with Crippen molar-refractivity contribution in [3.05, 3.63) is 68.5 Å². The highest BCUT2D eigenvalue weighted by atomic mass is 35.5. The van der Waals surface area contributed by atoms with Crippen molar-refractivity contribution in [2.75, 3.05) is 11.9 Å². The molecule has 0 amide bonds. The highest BCUT2D eigenvalue weighted by Crippen LogP contribution is 2.38. The van der Waals surface area contributed by atoms with E-state index in [1.807, 2.05) is 48.7 Å². The zero-order valence-corrected chi connectivity index (χ0v) is 18.3. The predicted octanol–water partition coefficient (Wildman–Crippen LogP) is 5.14. The molecule has 2 aromatic heterocycles. The number of esters is 1. The van der Waals surface area contributed by atoms with E-state index in [1.54, 1.807) is 22.9 Å². The molecule has 0 saturated carbocycles. The molecule has 1 atom stereocenters. The number of allylic oxidation sites excluding steroid dienone is 1. The molecular weight excluding hydrogens is 428 g/mol. The summed E-state index contributed by atoms with van der Waals surface area (Å²) < 4.78 is 7.07. The molecular formula is C20H19ClN4O2S2. The van der Waals surface area contributed by atoms with E-state index in [0.29, 0.717) is 29.0 Å². The van der Waals surface area contributed by atoms with Crippen molar-refractivity contribution in [2.24, 2.45) is 0 Å². The standard InChI is InChI=1S/C20H19ClN4O2S2/c1-3-27-18(26)16-12(2)22-19-23-20(29-11-13-7-4-5-8-14(13)21)24-25(19)17(16)15-9-6-10-28-15/h4-10,17H,3,11H2,1-2H3,(H,22,23,24)/t17-/m1/s1. The van der Waals surface area contributed by atoms with Gasteiger partial charge in [0, 0.05) is 21.3 Å². The molecule has 0 aliphatic carbocycles. The number of nitrogens with one attached hydrogen (secondary N) is 1. The first kappa shape index (κ1) is 20.0. The number of benzene rings is 1. The van der Waals surface area contributed by atoms with Gasteiger partial charge >= 0.3 is 5.97 Å². The largest absolute Gasteiger partial charge is 0.463 e. The fourth-order valence-electron chi connectivity index (χ4n) is 3.13. The van der Waals surface area contributed by atoms with Crippen LogP contribution >= 0.6 is 34.7 Å². The van der Waals surface area contributed by atoms with Gasteiger partial charge in [-0.15, -0.1) is 16.4 Å². The van der Waals surface area contributed by atoms with Crippen LogP contribution in [0.4, 0.5) is 5.95 Å². The van der Waals surface area contributed by atoms with Crippen molar-refractivity contribution in [2.45, 2.75) is 30.8 Å². The van der Waals surface area contributed by atoms with Crippen LogP contribution in [0.15, 0.2) is 58.2 Å². The smallest absolute Gasteiger partial charge is 0.338 e. The number of thiophene rings is 1. The predicted molar refractivity (Wildman–Crippen MR) is 116 cm³/mol. The number of aromatic nitrogens is 3. The Labute approximate surface area is 181 Å². The van der Waals surface area contributed by atoms with Gasteiger partial charge in [0.25, 0.3) is 0 Å². The summed E-state index contributed by atoms with van der Waals surface area (Å²) in [5.74, 6) is 0.919. The zero-order valence-electron chi connectivity index (χ0n) is 15.9. The topological polar surface area (TPSA) is 69.0 Å². The van der Waals surface area contributed by atoms with Crippen molar-refractivity contribution in [3.8, 4) is 0 Å². The fourth-order valence-corrected chi connectivity index (χ4v) is 5.07. The second kappa shape index (κ2) is 8.61. The third kappa shape index (κ3) is 4.05. The van der Waals surface area contributed by atoms with Crippen LogP contribution in [0.2, 0.25) is 5.02 Å². The first-order valence-electron chi connectivity index (χ1n) is 9.09. The number of carbonyl (C=O) groups is 1. The average molecular weight is 447 g/mol. The van der Waals surface area contributed by atoms with Gasteiger partial charge in [-0.05, 0) is 36.9 Å². The number of hydrogen-bond acceptors (Lipinski definition) is 7. The van der Waals surface area contributed by atoms with Gasteiger partial charge in [0.1, 0.15) is 6.04 Å². The number of thioether (sulfide) groups is 1. The van der Waals surface area contributed by atoms with Crippen molar-refractivity contribution < 1.29 is 9.53 Å². The second-order valence-electron chi connectivity index (χ2n) is 6.34. The molecule has 150 valence electrons. The zero-order chi connectivity index (χ0) is 20.4. The van der Waals surface area contributed by atoms with Gasteiger partial charge in [0.2, 0.25) is 11.1 Å². The summed E-state index contributed by atoms with van der Waals surface area (Å²) in [6, 6.07) is 11.3. The molecule has 6 nitrogen and oxygen atoms in total. The van der Waals surface area contributed by atoms with Crippen LogP contribution in [0.25, 0.3) is 0 Å². The van der Waals surface area contributed by atoms with E-state index in [0.717, 1.165) is 21.2 Å². The van der Waals surface area contributed by atoms with Gasteiger partial charge in [-0.25, -0.2) is 9.48 Å². The van der Waals surface area contributed by atoms with Crippen LogP contribution in [0, 0.1) is 0 Å². The maximum Gasteiger partial charge on any atom is 0.338 e. The molecule has 29 heavy (non-hydrogen) atoms. The number of ether oxygens (including phenoxy) is 1. The van der Waals surface area contributed by atoms with Gasteiger partial charge in [-0.2, -0.15) is 4.98 Å². The lowest BCUT2D eigenvalue weighted by Gasteiger charge is -2.26. The maximum absolute atomic E-state index is 12.7. The van der Waals surface area contributed by atoms with E-state index in [4.69, 9.17) is 16.3 Å². The lowest BCUT2D eigenvalue weighted by molar-refractivity contribution is -0.139. The van der Waals surface area contributed by atoms with Crippen LogP contribution in [0.5, 0.6) is 0 Å². The number of carbonyl (C=O) groups excluding carboxylic acids is 1. The number of rotatable bonds is 6. The first-order chi connectivity index (χ1) is 14.1. The number of anilines is 1. The van der Waals surface area contributed by atoms with Crippen LogP contribution in [-0.4, -0.2) is 27.3 Å². The first-order valence-corrected chi connectivity index (χ1v) is 11.3. The number of halogens is 1. The van der Waals surface area contributed by atoms with Crippen molar-refractivity contribution in [3.63, 3.8) is 0 Å². The molecule has 0 saturated heterocycles. The molecule has 1 N–H and O–H groups in total. The summed E-state index contributed by atoms with van der Waals surface area (Å²) in [5.41, 5.74) is 2.30. The number of hydrogen-bond donors (Lipinski definition) is 1. The van der Waals surface area contributed by atoms with E-state index >= 15 is 0 Å². The van der Waals surface area contributed by atoms with E-state index in [2.05, 4.69) is 15.4 Å². The molecule has 3 aromatic rings. The Morgan fingerprint density at radius 3 is 2.90 bits per heavy atom. The van der Waals surface area contributed by atoms with Gasteiger partial charge in [0.05, 0.1) is 12.2 Å². The van der Waals surface area contributed by atoms with E-state index in [-0.39, 0.29) is 12.0 Å². The Bertz CT molecular complexity index is 1060. The molecule has 1 aromatic carbocycles. The van der Waals surface area contributed by atoms with E-state index < -0.39 is 0 Å². The number of fused-ring (bicyclic) bond motifs is 1. The van der Waals surface area contributed by atoms with E-state index in [9.17, 15) is 4.79 Å². The molecule has 9 heteroatoms. The quantitative estimate of drug-likeness (QED) is 0.417. The number of nitrogens with zero attached hydrogens (tertiary/aromatic N) is 3. The van der Waals surface area contributed by atoms with E-state index in [1.165, 1.54) is 11.8 Å². The van der Waals surface area contributed by atoms with Crippen LogP contribution in [-0.2, 0) is 15.3 Å². The molecule has 0 radical (unpaired) electrons. The summed E-state index contributed by atoms with van der Waals surface area (Å²) in [6.07, 6.45) is 0. The molecule has 0 fully saturated rings. The minimum Gasteiger partial charge on any atom is -0.463 e. The second-order valence-corrected chi connectivity index (χ2v) is 8.67. The Hall–Kier alpha value is -2.29. The third-order valence-electron chi connectivity index (χ3n) is 4.46. The van der Waals surface area contributed by atoms with Crippen molar-refractivity contribution in [1.29, 1.82) is 0 Å². The van der Waals surface area contributed by atoms with Crippen LogP contribution < -0.4 is 5.32 Å². The summed E-state index contributed by atoms with van der Waals surface area (Å²) in [6.45, 7) is 3.98. The normalized spacial score (nSPS) is 15.8. The summed E-state index contributed by atoms with van der Waals surface area (Å²) in [4.78, 5) is 18.3. The van der Waals surface area contributed by atoms with Gasteiger partial charge in [-0.1, -0.05) is 47.6 Å². The Balaban J connectivity index is 1.66. The molecule has 0 unspecified atom stereocenters. The molecule has 1 aliphatic heterocycles. The van der Waals surface area contributed by atoms with Crippen LogP contribution in [0.1, 0.15) is 30.3 Å². The lowest BCUT2D eigenvalue weighted by Crippen LogP contribution is -2.29. The van der Waals surface area contributed by atoms with Crippen molar-refractivity contribution >= 4 is 46.6 Å². The minimum atomic E-state index is -0.368. The monoisotopic (exact) mass is 446 g/mol. The molecule has 3 heterocycles. The van der Waals surface area contributed by atoms with Crippen molar-refractivity contribution in [1.82, 2.24) is 14.8 Å². The Morgan fingerprint density at radius 2 is 2.17 bits per heavy atom. The van der Waals surface area contributed by atoms with Gasteiger partial charge < -0.3 is 10.1 Å². The minimum absolute atomic E-state index is 0.315. The highest BCUT2D eigenvalue weighted by Gasteiger charge is 2.35. The molecule has 1 aliphatic rings. The molecule has 0 spiro atoms. The SMILES string of the molecule is CCOC(=O)C1=C(C)Nc2nc(SCc3ccccc3Cl)nn2[C@@H]1c1cccs1. The molecule has 0 bridgehead atoms. The Kier molecular flexibility index (Phi) is 5.94. The molecule has 4 rings (SSSR count). The van der Waals surface area contributed by atoms with Gasteiger partial charge in [0.15, 0.2) is 0 Å². The average Bonchev–Trinajstić information content (AvgIpc) is 3.36. The van der Waals surface area contributed by atoms with Gasteiger partial charge in [-0.3, -0.25) is 0 Å². The highest BCUT2D eigenvalue weighted by molar-refractivity contribution is 7.98. The third-order valence-corrected chi connectivity index (χ3v) is 6.64. The Morgan fingerprint density at radius 1 is 1.34 bits per heavy atom. The summed E-state index contributed by atoms with van der Waals surface area (Å²) in [7, 11) is 0.